The molecule has 0 spiro atoms. The van der Waals surface area contributed by atoms with Gasteiger partial charge in [-0.2, -0.15) is 0 Å². The molecule has 2 saturated heterocycles. The van der Waals surface area contributed by atoms with Gasteiger partial charge >= 0.3 is 0 Å². The van der Waals surface area contributed by atoms with Crippen LogP contribution in [0.3, 0.4) is 0 Å². The number of hydrogen-bond acceptors (Lipinski definition) is 2. The van der Waals surface area contributed by atoms with Crippen molar-refractivity contribution in [2.45, 2.75) is 19.4 Å². The Hall–Kier alpha value is -2.37. The fourth-order valence-electron chi connectivity index (χ4n) is 4.38. The smallest absolute Gasteiger partial charge is 0.279 e. The van der Waals surface area contributed by atoms with Gasteiger partial charge in [0, 0.05) is 29.8 Å². The topological polar surface area (TPSA) is 41.2 Å². The van der Waals surface area contributed by atoms with E-state index in [0.29, 0.717) is 6.54 Å². The molecule has 2 aromatic carbocycles. The molecule has 2 fully saturated rings. The lowest BCUT2D eigenvalue weighted by molar-refractivity contribution is -0.901. The number of piperazine rings is 1. The molecule has 2 aliphatic heterocycles. The van der Waals surface area contributed by atoms with Crippen LogP contribution in [-0.4, -0.2) is 51.7 Å². The Morgan fingerprint density at radius 1 is 0.857 bits per heavy atom. The normalized spacial score (nSPS) is 18.4. The van der Waals surface area contributed by atoms with E-state index in [0.717, 1.165) is 38.4 Å². The summed E-state index contributed by atoms with van der Waals surface area (Å²) in [5.74, 6) is 0.112. The number of rotatable bonds is 6. The number of nitrogens with zero attached hydrogens (tertiary/aromatic N) is 1. The summed E-state index contributed by atoms with van der Waals surface area (Å²) in [6.07, 6.45) is 2.71. The van der Waals surface area contributed by atoms with Crippen molar-refractivity contribution in [2.75, 3.05) is 56.0 Å². The van der Waals surface area contributed by atoms with Gasteiger partial charge in [0.25, 0.3) is 5.91 Å². The number of carbonyl (C=O) groups is 1. The molecule has 0 bridgehead atoms. The van der Waals surface area contributed by atoms with E-state index in [1.165, 1.54) is 42.1 Å². The second kappa shape index (κ2) is 9.22. The highest BCUT2D eigenvalue weighted by atomic mass is 16.2. The molecule has 0 saturated carbocycles. The molecule has 0 atom stereocenters. The summed E-state index contributed by atoms with van der Waals surface area (Å²) in [5.41, 5.74) is 3.55. The Labute approximate surface area is 167 Å². The second-order valence-electron chi connectivity index (χ2n) is 8.13. The maximum Gasteiger partial charge on any atom is 0.279 e. The van der Waals surface area contributed by atoms with E-state index in [-0.39, 0.29) is 5.91 Å². The number of likely N-dealkylation sites (tertiary alicyclic amines) is 1. The first-order chi connectivity index (χ1) is 13.8. The number of nitrogens with one attached hydrogen (secondary N) is 3. The molecular weight excluding hydrogens is 348 g/mol. The zero-order valence-electron chi connectivity index (χ0n) is 16.6. The Kier molecular flexibility index (Phi) is 6.24. The summed E-state index contributed by atoms with van der Waals surface area (Å²) < 4.78 is 0. The summed E-state index contributed by atoms with van der Waals surface area (Å²) in [7, 11) is 0. The van der Waals surface area contributed by atoms with Crippen molar-refractivity contribution in [3.8, 4) is 0 Å². The molecule has 0 radical (unpaired) electrons. The average Bonchev–Trinajstić information content (AvgIpc) is 3.24. The van der Waals surface area contributed by atoms with Crippen molar-refractivity contribution in [3.05, 3.63) is 60.2 Å². The van der Waals surface area contributed by atoms with Gasteiger partial charge in [0.15, 0.2) is 6.54 Å². The Morgan fingerprint density at radius 2 is 1.54 bits per heavy atom. The molecule has 5 nitrogen and oxygen atoms in total. The van der Waals surface area contributed by atoms with E-state index in [4.69, 9.17) is 0 Å². The largest absolute Gasteiger partial charge is 0.360 e. The molecule has 1 amide bonds. The number of carbonyl (C=O) groups excluding carboxylic acids is 1. The number of quaternary nitrogens is 2. The summed E-state index contributed by atoms with van der Waals surface area (Å²) in [5, 5.41) is 3.07. The van der Waals surface area contributed by atoms with Gasteiger partial charge in [-0.1, -0.05) is 30.3 Å². The summed E-state index contributed by atoms with van der Waals surface area (Å²) >= 11 is 0. The van der Waals surface area contributed by atoms with Crippen LogP contribution in [0.25, 0.3) is 0 Å². The highest BCUT2D eigenvalue weighted by Gasteiger charge is 2.22. The second-order valence-corrected chi connectivity index (χ2v) is 8.13. The van der Waals surface area contributed by atoms with Crippen molar-refractivity contribution in [1.82, 2.24) is 0 Å². The first-order valence-corrected chi connectivity index (χ1v) is 10.6. The number of anilines is 2. The van der Waals surface area contributed by atoms with Crippen molar-refractivity contribution in [2.24, 2.45) is 0 Å². The van der Waals surface area contributed by atoms with Crippen molar-refractivity contribution >= 4 is 17.3 Å². The minimum atomic E-state index is 0.112. The summed E-state index contributed by atoms with van der Waals surface area (Å²) in [4.78, 5) is 17.9. The van der Waals surface area contributed by atoms with E-state index in [2.05, 4.69) is 52.7 Å². The highest BCUT2D eigenvalue weighted by Crippen LogP contribution is 2.12. The Balaban J connectivity index is 1.21. The zero-order valence-corrected chi connectivity index (χ0v) is 16.6. The Morgan fingerprint density at radius 3 is 2.21 bits per heavy atom. The summed E-state index contributed by atoms with van der Waals surface area (Å²) in [6.45, 7) is 8.23. The molecular formula is C23H32N4O+2. The Bertz CT molecular complexity index is 748. The summed E-state index contributed by atoms with van der Waals surface area (Å²) in [6, 6.07) is 18.9. The number of benzene rings is 2. The van der Waals surface area contributed by atoms with E-state index in [1.807, 2.05) is 12.1 Å². The van der Waals surface area contributed by atoms with Crippen LogP contribution in [0.5, 0.6) is 0 Å². The molecule has 148 valence electrons. The first-order valence-electron chi connectivity index (χ1n) is 10.6. The van der Waals surface area contributed by atoms with Crippen molar-refractivity contribution in [1.29, 1.82) is 0 Å². The number of amides is 1. The van der Waals surface area contributed by atoms with E-state index in [1.54, 1.807) is 4.90 Å². The predicted molar refractivity (Wildman–Crippen MR) is 113 cm³/mol. The maximum absolute atomic E-state index is 12.4. The zero-order chi connectivity index (χ0) is 19.2. The third-order valence-electron chi connectivity index (χ3n) is 6.00. The molecule has 0 unspecified atom stereocenters. The third-order valence-corrected chi connectivity index (χ3v) is 6.00. The van der Waals surface area contributed by atoms with Gasteiger partial charge < -0.3 is 20.0 Å². The molecule has 28 heavy (non-hydrogen) atoms. The molecule has 2 aromatic rings. The van der Waals surface area contributed by atoms with E-state index in [9.17, 15) is 4.79 Å². The first kappa shape index (κ1) is 19.0. The molecule has 2 aliphatic rings. The lowest BCUT2D eigenvalue weighted by atomic mass is 10.2. The van der Waals surface area contributed by atoms with Gasteiger partial charge in [-0.25, -0.2) is 0 Å². The minimum absolute atomic E-state index is 0.112. The van der Waals surface area contributed by atoms with Gasteiger partial charge in [0.1, 0.15) is 6.54 Å². The average molecular weight is 381 g/mol. The van der Waals surface area contributed by atoms with Crippen LogP contribution < -0.4 is 20.0 Å². The van der Waals surface area contributed by atoms with Crippen LogP contribution in [-0.2, 0) is 11.3 Å². The van der Waals surface area contributed by atoms with Gasteiger partial charge in [-0.15, -0.1) is 0 Å². The molecule has 0 aliphatic carbocycles. The van der Waals surface area contributed by atoms with Crippen LogP contribution in [0, 0.1) is 0 Å². The number of hydrogen-bond donors (Lipinski definition) is 3. The van der Waals surface area contributed by atoms with Crippen molar-refractivity contribution < 1.29 is 14.6 Å². The van der Waals surface area contributed by atoms with E-state index < -0.39 is 0 Å². The van der Waals surface area contributed by atoms with Crippen LogP contribution in [0.1, 0.15) is 18.4 Å². The quantitative estimate of drug-likeness (QED) is 0.671. The molecule has 2 heterocycles. The maximum atomic E-state index is 12.4. The minimum Gasteiger partial charge on any atom is -0.360 e. The predicted octanol–water partition coefficient (Wildman–Crippen LogP) is 0.209. The fourth-order valence-corrected chi connectivity index (χ4v) is 4.38. The van der Waals surface area contributed by atoms with Crippen molar-refractivity contribution in [3.63, 3.8) is 0 Å². The molecule has 0 aromatic heterocycles. The fraction of sp³-hybridized carbons (Fsp3) is 0.435. The van der Waals surface area contributed by atoms with E-state index >= 15 is 0 Å². The molecule has 3 N–H and O–H groups in total. The monoisotopic (exact) mass is 380 g/mol. The molecule has 4 rings (SSSR count). The highest BCUT2D eigenvalue weighted by molar-refractivity contribution is 5.91. The van der Waals surface area contributed by atoms with Crippen LogP contribution in [0.2, 0.25) is 0 Å². The number of para-hydroxylation sites is 1. The standard InChI is InChI=1S/C23H30N4O/c28-23(19-26-14-16-27(17-15-26)22-6-2-1-3-7-22)24-21-10-8-20(9-11-21)18-25-12-4-5-13-25/h1-3,6-11H,4-5,12-19H2,(H,24,28)/p+2. The van der Waals surface area contributed by atoms with Crippen LogP contribution >= 0.6 is 0 Å². The van der Waals surface area contributed by atoms with Gasteiger partial charge in [0.2, 0.25) is 0 Å². The van der Waals surface area contributed by atoms with Gasteiger partial charge in [0.05, 0.1) is 39.3 Å². The van der Waals surface area contributed by atoms with Crippen LogP contribution in [0.15, 0.2) is 54.6 Å². The van der Waals surface area contributed by atoms with Crippen LogP contribution in [0.4, 0.5) is 11.4 Å². The SMILES string of the molecule is O=C(C[NH+]1CCN(c2ccccc2)CC1)Nc1ccc(C[NH+]2CCCC2)cc1. The lowest BCUT2D eigenvalue weighted by Gasteiger charge is -2.33. The van der Waals surface area contributed by atoms with Gasteiger partial charge in [-0.3, -0.25) is 4.79 Å². The van der Waals surface area contributed by atoms with Gasteiger partial charge in [-0.05, 0) is 24.3 Å². The third kappa shape index (κ3) is 5.12. The molecule has 5 heteroatoms. The lowest BCUT2D eigenvalue weighted by Crippen LogP contribution is -3.15.